The van der Waals surface area contributed by atoms with E-state index in [4.69, 9.17) is 19.9 Å². The van der Waals surface area contributed by atoms with Gasteiger partial charge in [-0.2, -0.15) is 0 Å². The van der Waals surface area contributed by atoms with Gasteiger partial charge in [0.1, 0.15) is 5.75 Å². The van der Waals surface area contributed by atoms with Gasteiger partial charge in [-0.15, -0.1) is 0 Å². The molecule has 88 valence electrons. The Bertz CT molecular complexity index is 340. The van der Waals surface area contributed by atoms with Gasteiger partial charge in [-0.25, -0.2) is 0 Å². The van der Waals surface area contributed by atoms with Gasteiger partial charge < -0.3 is 19.9 Å². The molecule has 1 fully saturated rings. The molecule has 1 aromatic rings. The Labute approximate surface area is 94.5 Å². The predicted molar refractivity (Wildman–Crippen MR) is 58.0 cm³/mol. The highest BCUT2D eigenvalue weighted by atomic mass is 16.7. The van der Waals surface area contributed by atoms with E-state index in [0.717, 1.165) is 5.69 Å². The van der Waals surface area contributed by atoms with E-state index in [1.54, 1.807) is 13.3 Å². The van der Waals surface area contributed by atoms with Crippen molar-refractivity contribution < 1.29 is 14.2 Å². The molecule has 1 aromatic heterocycles. The maximum absolute atomic E-state index is 6.05. The van der Waals surface area contributed by atoms with Gasteiger partial charge >= 0.3 is 0 Å². The summed E-state index contributed by atoms with van der Waals surface area (Å²) >= 11 is 0. The summed E-state index contributed by atoms with van der Waals surface area (Å²) < 4.78 is 15.9. The fraction of sp³-hybridized carbons (Fsp3) is 0.545. The third kappa shape index (κ3) is 2.49. The molecule has 16 heavy (non-hydrogen) atoms. The van der Waals surface area contributed by atoms with Gasteiger partial charge in [0.25, 0.3) is 0 Å². The van der Waals surface area contributed by atoms with Crippen LogP contribution in [0.15, 0.2) is 18.3 Å². The highest BCUT2D eigenvalue weighted by Crippen LogP contribution is 2.25. The highest BCUT2D eigenvalue weighted by Gasteiger charge is 2.22. The van der Waals surface area contributed by atoms with Crippen LogP contribution < -0.4 is 10.5 Å². The topological polar surface area (TPSA) is 66.6 Å². The van der Waals surface area contributed by atoms with Crippen LogP contribution >= 0.6 is 0 Å². The van der Waals surface area contributed by atoms with E-state index in [1.807, 2.05) is 12.1 Å². The predicted octanol–water partition coefficient (Wildman–Crippen LogP) is 0.853. The molecule has 2 N–H and O–H groups in total. The number of aromatic nitrogens is 1. The maximum atomic E-state index is 6.05. The van der Waals surface area contributed by atoms with Crippen molar-refractivity contribution in [3.63, 3.8) is 0 Å². The van der Waals surface area contributed by atoms with Crippen LogP contribution in [0.1, 0.15) is 18.2 Å². The van der Waals surface area contributed by atoms with Crippen LogP contribution in [0.2, 0.25) is 0 Å². The molecule has 1 saturated heterocycles. The zero-order valence-corrected chi connectivity index (χ0v) is 9.26. The molecule has 2 rings (SSSR count). The first-order valence-electron chi connectivity index (χ1n) is 5.29. The van der Waals surface area contributed by atoms with Crippen LogP contribution in [0.3, 0.4) is 0 Å². The second kappa shape index (κ2) is 5.25. The van der Waals surface area contributed by atoms with Crippen molar-refractivity contribution in [2.24, 2.45) is 5.73 Å². The van der Waals surface area contributed by atoms with Crippen molar-refractivity contribution >= 4 is 0 Å². The number of ether oxygens (including phenoxy) is 3. The lowest BCUT2D eigenvalue weighted by Gasteiger charge is -2.17. The smallest absolute Gasteiger partial charge is 0.159 e. The Kier molecular flexibility index (Phi) is 3.71. The van der Waals surface area contributed by atoms with Crippen molar-refractivity contribution in [1.82, 2.24) is 4.98 Å². The second-order valence-corrected chi connectivity index (χ2v) is 3.60. The first-order valence-corrected chi connectivity index (χ1v) is 5.29. The molecule has 1 atom stereocenters. The molecule has 0 radical (unpaired) electrons. The van der Waals surface area contributed by atoms with Crippen molar-refractivity contribution in [2.75, 3.05) is 20.3 Å². The third-order valence-electron chi connectivity index (χ3n) is 2.51. The number of hydrogen-bond acceptors (Lipinski definition) is 5. The lowest BCUT2D eigenvalue weighted by atomic mass is 10.1. The molecule has 0 saturated carbocycles. The molecule has 2 heterocycles. The molecule has 1 aliphatic rings. The minimum Gasteiger partial charge on any atom is -0.495 e. The van der Waals surface area contributed by atoms with Crippen molar-refractivity contribution in [3.8, 4) is 5.75 Å². The van der Waals surface area contributed by atoms with Gasteiger partial charge in [0.05, 0.1) is 32.1 Å². The summed E-state index contributed by atoms with van der Waals surface area (Å²) in [4.78, 5) is 4.23. The Morgan fingerprint density at radius 2 is 2.31 bits per heavy atom. The summed E-state index contributed by atoms with van der Waals surface area (Å²) in [7, 11) is 1.61. The van der Waals surface area contributed by atoms with E-state index in [2.05, 4.69) is 4.98 Å². The number of nitrogens with zero attached hydrogens (tertiary/aromatic N) is 1. The van der Waals surface area contributed by atoms with Crippen LogP contribution in [0.5, 0.6) is 5.75 Å². The number of hydrogen-bond donors (Lipinski definition) is 1. The summed E-state index contributed by atoms with van der Waals surface area (Å²) in [6, 6.07) is 3.43. The Balaban J connectivity index is 2.04. The molecule has 0 aromatic carbocycles. The van der Waals surface area contributed by atoms with Crippen molar-refractivity contribution in [3.05, 3.63) is 24.0 Å². The van der Waals surface area contributed by atoms with E-state index in [1.165, 1.54) is 0 Å². The van der Waals surface area contributed by atoms with Gasteiger partial charge in [-0.1, -0.05) is 0 Å². The van der Waals surface area contributed by atoms with Crippen LogP contribution in [0.25, 0.3) is 0 Å². The van der Waals surface area contributed by atoms with Crippen LogP contribution in [0.4, 0.5) is 0 Å². The summed E-state index contributed by atoms with van der Waals surface area (Å²) in [6.45, 7) is 1.27. The zero-order valence-electron chi connectivity index (χ0n) is 9.26. The monoisotopic (exact) mass is 224 g/mol. The largest absolute Gasteiger partial charge is 0.495 e. The fourth-order valence-electron chi connectivity index (χ4n) is 1.72. The van der Waals surface area contributed by atoms with Gasteiger partial charge in [0.2, 0.25) is 0 Å². The van der Waals surface area contributed by atoms with Gasteiger partial charge in [-0.3, -0.25) is 4.98 Å². The van der Waals surface area contributed by atoms with Gasteiger partial charge in [0.15, 0.2) is 6.29 Å². The van der Waals surface area contributed by atoms with Crippen LogP contribution in [-0.2, 0) is 9.47 Å². The summed E-state index contributed by atoms with van der Waals surface area (Å²) in [5.74, 6) is 0.702. The first kappa shape index (κ1) is 11.3. The highest BCUT2D eigenvalue weighted by molar-refractivity contribution is 5.29. The lowest BCUT2D eigenvalue weighted by molar-refractivity contribution is -0.0510. The molecule has 1 aliphatic heterocycles. The average molecular weight is 224 g/mol. The van der Waals surface area contributed by atoms with E-state index in [0.29, 0.717) is 25.4 Å². The minimum absolute atomic E-state index is 0.221. The van der Waals surface area contributed by atoms with Crippen molar-refractivity contribution in [2.45, 2.75) is 18.8 Å². The fourth-order valence-corrected chi connectivity index (χ4v) is 1.72. The lowest BCUT2D eigenvalue weighted by Crippen LogP contribution is -2.21. The Morgan fingerprint density at radius 1 is 1.56 bits per heavy atom. The second-order valence-electron chi connectivity index (χ2n) is 3.60. The third-order valence-corrected chi connectivity index (χ3v) is 2.51. The molecule has 0 amide bonds. The molecule has 5 nitrogen and oxygen atoms in total. The molecule has 0 bridgehead atoms. The molecular formula is C11H16N2O3. The van der Waals surface area contributed by atoms with Gasteiger partial charge in [-0.05, 0) is 12.1 Å². The van der Waals surface area contributed by atoms with E-state index < -0.39 is 0 Å². The van der Waals surface area contributed by atoms with E-state index in [-0.39, 0.29) is 12.3 Å². The van der Waals surface area contributed by atoms with E-state index >= 15 is 0 Å². The average Bonchev–Trinajstić information content (AvgIpc) is 2.81. The SMILES string of the molecule is COc1cccnc1C(N)CC1OCCO1. The minimum atomic E-state index is -0.237. The number of methoxy groups -OCH3 is 1. The molecule has 0 spiro atoms. The summed E-state index contributed by atoms with van der Waals surface area (Å²) in [5, 5.41) is 0. The molecular weight excluding hydrogens is 208 g/mol. The van der Waals surface area contributed by atoms with Gasteiger partial charge in [0, 0.05) is 12.6 Å². The maximum Gasteiger partial charge on any atom is 0.159 e. The quantitative estimate of drug-likeness (QED) is 0.821. The first-order chi connectivity index (χ1) is 7.81. The standard InChI is InChI=1S/C11H16N2O3/c1-14-9-3-2-4-13-11(9)8(12)7-10-15-5-6-16-10/h2-4,8,10H,5-7,12H2,1H3. The molecule has 5 heteroatoms. The number of rotatable bonds is 4. The zero-order chi connectivity index (χ0) is 11.4. The summed E-state index contributed by atoms with van der Waals surface area (Å²) in [6.07, 6.45) is 2.07. The summed E-state index contributed by atoms with van der Waals surface area (Å²) in [5.41, 5.74) is 6.79. The number of nitrogens with two attached hydrogens (primary N) is 1. The Hall–Kier alpha value is -1.17. The number of pyridine rings is 1. The van der Waals surface area contributed by atoms with Crippen LogP contribution in [0, 0.1) is 0 Å². The molecule has 1 unspecified atom stereocenters. The van der Waals surface area contributed by atoms with E-state index in [9.17, 15) is 0 Å². The normalized spacial score (nSPS) is 18.6. The Morgan fingerprint density at radius 3 is 3.00 bits per heavy atom. The van der Waals surface area contributed by atoms with Crippen LogP contribution in [-0.4, -0.2) is 31.6 Å². The van der Waals surface area contributed by atoms with Crippen molar-refractivity contribution in [1.29, 1.82) is 0 Å². The molecule has 0 aliphatic carbocycles.